The topological polar surface area (TPSA) is 25.2 Å². The van der Waals surface area contributed by atoms with Gasteiger partial charge in [0.2, 0.25) is 0 Å². The van der Waals surface area contributed by atoms with Gasteiger partial charge in [0, 0.05) is 5.56 Å². The summed E-state index contributed by atoms with van der Waals surface area (Å²) in [7, 11) is 0. The van der Waals surface area contributed by atoms with Crippen LogP contribution in [-0.2, 0) is 0 Å². The van der Waals surface area contributed by atoms with E-state index >= 15 is 0 Å². The van der Waals surface area contributed by atoms with Crippen molar-refractivity contribution >= 4 is 11.6 Å². The van der Waals surface area contributed by atoms with E-state index < -0.39 is 0 Å². The van der Waals surface area contributed by atoms with Gasteiger partial charge >= 0.3 is 0 Å². The summed E-state index contributed by atoms with van der Waals surface area (Å²) in [6.07, 6.45) is 0. The minimum Gasteiger partial charge on any atom is -0.459 e. The first-order chi connectivity index (χ1) is 8.61. The molecular weight excluding hydrogens is 246 g/mol. The van der Waals surface area contributed by atoms with E-state index in [2.05, 4.69) is 19.2 Å². The molecule has 0 amide bonds. The predicted molar refractivity (Wildman–Crippen MR) is 76.0 cm³/mol. The van der Waals surface area contributed by atoms with E-state index in [4.69, 9.17) is 16.0 Å². The molecule has 1 atom stereocenters. The Kier molecular flexibility index (Phi) is 4.10. The van der Waals surface area contributed by atoms with E-state index in [0.29, 0.717) is 0 Å². The van der Waals surface area contributed by atoms with Gasteiger partial charge in [-0.3, -0.25) is 0 Å². The molecular formula is C15H18ClNO. The second-order valence-electron chi connectivity index (χ2n) is 4.46. The lowest BCUT2D eigenvalue weighted by Gasteiger charge is -2.08. The van der Waals surface area contributed by atoms with Crippen molar-refractivity contribution in [1.82, 2.24) is 5.32 Å². The number of rotatable bonds is 4. The molecule has 0 fully saturated rings. The van der Waals surface area contributed by atoms with Crippen molar-refractivity contribution < 1.29 is 4.42 Å². The normalized spacial score (nSPS) is 12.7. The summed E-state index contributed by atoms with van der Waals surface area (Å²) in [5, 5.41) is 4.05. The van der Waals surface area contributed by atoms with Gasteiger partial charge in [-0.1, -0.05) is 30.2 Å². The second-order valence-corrected chi connectivity index (χ2v) is 4.87. The summed E-state index contributed by atoms with van der Waals surface area (Å²) in [6, 6.07) is 10.1. The molecule has 0 aliphatic rings. The lowest BCUT2D eigenvalue weighted by Crippen LogP contribution is -2.16. The van der Waals surface area contributed by atoms with Crippen LogP contribution in [0.5, 0.6) is 0 Å². The largest absolute Gasteiger partial charge is 0.459 e. The number of benzene rings is 1. The first-order valence-electron chi connectivity index (χ1n) is 6.21. The number of hydrogen-bond donors (Lipinski definition) is 1. The average Bonchev–Trinajstić information content (AvgIpc) is 2.82. The van der Waals surface area contributed by atoms with Crippen LogP contribution in [0.1, 0.15) is 31.2 Å². The van der Waals surface area contributed by atoms with Crippen LogP contribution in [0, 0.1) is 6.92 Å². The molecule has 96 valence electrons. The summed E-state index contributed by atoms with van der Waals surface area (Å²) in [4.78, 5) is 0. The molecule has 0 bridgehead atoms. The Morgan fingerprint density at radius 3 is 2.78 bits per heavy atom. The third-order valence-electron chi connectivity index (χ3n) is 2.95. The molecule has 0 saturated heterocycles. The monoisotopic (exact) mass is 263 g/mol. The van der Waals surface area contributed by atoms with Gasteiger partial charge in [0.1, 0.15) is 11.5 Å². The Morgan fingerprint density at radius 1 is 1.28 bits per heavy atom. The Hall–Kier alpha value is -1.25. The van der Waals surface area contributed by atoms with Crippen molar-refractivity contribution in [2.45, 2.75) is 26.8 Å². The second kappa shape index (κ2) is 5.59. The van der Waals surface area contributed by atoms with E-state index in [0.717, 1.165) is 28.7 Å². The van der Waals surface area contributed by atoms with E-state index in [1.807, 2.05) is 37.3 Å². The van der Waals surface area contributed by atoms with Crippen molar-refractivity contribution in [3.8, 4) is 11.3 Å². The number of aryl methyl sites for hydroxylation is 1. The van der Waals surface area contributed by atoms with E-state index in [1.54, 1.807) is 0 Å². The zero-order valence-corrected chi connectivity index (χ0v) is 11.7. The van der Waals surface area contributed by atoms with Gasteiger partial charge in [0.25, 0.3) is 0 Å². The zero-order valence-electron chi connectivity index (χ0n) is 11.0. The smallest absolute Gasteiger partial charge is 0.135 e. The molecule has 0 saturated carbocycles. The Morgan fingerprint density at radius 2 is 2.06 bits per heavy atom. The van der Waals surface area contributed by atoms with Gasteiger partial charge in [-0.25, -0.2) is 0 Å². The molecule has 0 aliphatic heterocycles. The first-order valence-corrected chi connectivity index (χ1v) is 6.59. The summed E-state index contributed by atoms with van der Waals surface area (Å²) in [6.45, 7) is 7.13. The number of furan rings is 1. The minimum atomic E-state index is 0.215. The zero-order chi connectivity index (χ0) is 13.1. The first kappa shape index (κ1) is 13.2. The van der Waals surface area contributed by atoms with Crippen molar-refractivity contribution in [2.24, 2.45) is 0 Å². The molecule has 0 aliphatic carbocycles. The maximum atomic E-state index is 6.21. The fourth-order valence-electron chi connectivity index (χ4n) is 1.97. The van der Waals surface area contributed by atoms with Gasteiger partial charge in [0.05, 0.1) is 11.1 Å². The lowest BCUT2D eigenvalue weighted by molar-refractivity contribution is 0.445. The van der Waals surface area contributed by atoms with Crippen LogP contribution in [-0.4, -0.2) is 6.54 Å². The summed E-state index contributed by atoms with van der Waals surface area (Å²) >= 11 is 6.21. The lowest BCUT2D eigenvalue weighted by atomic mass is 10.1. The molecule has 18 heavy (non-hydrogen) atoms. The molecule has 1 N–H and O–H groups in total. The molecule has 1 aromatic heterocycles. The van der Waals surface area contributed by atoms with Crippen LogP contribution in [0.2, 0.25) is 5.02 Å². The molecule has 2 nitrogen and oxygen atoms in total. The van der Waals surface area contributed by atoms with E-state index in [1.165, 1.54) is 5.56 Å². The van der Waals surface area contributed by atoms with Gasteiger partial charge in [0.15, 0.2) is 0 Å². The molecule has 2 aromatic rings. The van der Waals surface area contributed by atoms with Crippen LogP contribution in [0.3, 0.4) is 0 Å². The molecule has 0 spiro atoms. The third kappa shape index (κ3) is 2.77. The number of halogens is 1. The van der Waals surface area contributed by atoms with Crippen LogP contribution in [0.4, 0.5) is 0 Å². The molecule has 1 aromatic carbocycles. The molecule has 2 rings (SSSR count). The molecule has 3 heteroatoms. The van der Waals surface area contributed by atoms with Gasteiger partial charge in [-0.05, 0) is 44.7 Å². The predicted octanol–water partition coefficient (Wildman–Crippen LogP) is 4.58. The van der Waals surface area contributed by atoms with Crippen molar-refractivity contribution in [3.63, 3.8) is 0 Å². The van der Waals surface area contributed by atoms with Crippen LogP contribution >= 0.6 is 11.6 Å². The fourth-order valence-corrected chi connectivity index (χ4v) is 2.18. The van der Waals surface area contributed by atoms with Gasteiger partial charge in [-0.15, -0.1) is 0 Å². The Labute approximate surface area is 113 Å². The average molecular weight is 264 g/mol. The molecule has 1 unspecified atom stereocenters. The number of hydrogen-bond acceptors (Lipinski definition) is 2. The van der Waals surface area contributed by atoms with Crippen molar-refractivity contribution in [3.05, 3.63) is 46.7 Å². The van der Waals surface area contributed by atoms with E-state index in [-0.39, 0.29) is 6.04 Å². The molecule has 0 radical (unpaired) electrons. The highest BCUT2D eigenvalue weighted by Gasteiger charge is 2.12. The fraction of sp³-hybridized carbons (Fsp3) is 0.333. The summed E-state index contributed by atoms with van der Waals surface area (Å²) in [5.41, 5.74) is 2.12. The maximum Gasteiger partial charge on any atom is 0.135 e. The van der Waals surface area contributed by atoms with Crippen LogP contribution < -0.4 is 5.32 Å². The highest BCUT2D eigenvalue weighted by molar-refractivity contribution is 6.33. The Bertz CT molecular complexity index is 533. The van der Waals surface area contributed by atoms with Crippen molar-refractivity contribution in [2.75, 3.05) is 6.54 Å². The highest BCUT2D eigenvalue weighted by Crippen LogP contribution is 2.31. The Balaban J connectivity index is 2.32. The SMILES string of the molecule is CCNC(C)c1ccc(-c2cc(C)ccc2Cl)o1. The summed E-state index contributed by atoms with van der Waals surface area (Å²) in [5.74, 6) is 1.76. The molecule has 1 heterocycles. The quantitative estimate of drug-likeness (QED) is 0.874. The van der Waals surface area contributed by atoms with Crippen molar-refractivity contribution in [1.29, 1.82) is 0 Å². The van der Waals surface area contributed by atoms with Gasteiger partial charge < -0.3 is 9.73 Å². The maximum absolute atomic E-state index is 6.21. The third-order valence-corrected chi connectivity index (χ3v) is 3.28. The van der Waals surface area contributed by atoms with E-state index in [9.17, 15) is 0 Å². The van der Waals surface area contributed by atoms with Crippen LogP contribution in [0.15, 0.2) is 34.7 Å². The van der Waals surface area contributed by atoms with Gasteiger partial charge in [-0.2, -0.15) is 0 Å². The summed E-state index contributed by atoms with van der Waals surface area (Å²) < 4.78 is 5.87. The van der Waals surface area contributed by atoms with Crippen LogP contribution in [0.25, 0.3) is 11.3 Å². The highest BCUT2D eigenvalue weighted by atomic mass is 35.5. The number of nitrogens with one attached hydrogen (secondary N) is 1. The minimum absolute atomic E-state index is 0.215. The standard InChI is InChI=1S/C15H18ClNO/c1-4-17-11(3)14-7-8-15(18-14)12-9-10(2)5-6-13(12)16/h5-9,11,17H,4H2,1-3H3.